The number of hydrogen-bond acceptors (Lipinski definition) is 1. The van der Waals surface area contributed by atoms with Gasteiger partial charge < -0.3 is 4.74 Å². The first kappa shape index (κ1) is 27.4. The van der Waals surface area contributed by atoms with Crippen molar-refractivity contribution >= 4 is 10.8 Å². The van der Waals surface area contributed by atoms with Gasteiger partial charge >= 0.3 is 6.36 Å². The molecule has 0 bridgehead atoms. The Labute approximate surface area is 216 Å². The van der Waals surface area contributed by atoms with Gasteiger partial charge in [0.15, 0.2) is 11.6 Å². The molecule has 37 heavy (non-hydrogen) atoms. The Kier molecular flexibility index (Phi) is 9.09. The molecule has 0 aromatic heterocycles. The van der Waals surface area contributed by atoms with Crippen LogP contribution < -0.4 is 4.74 Å². The molecule has 0 amide bonds. The van der Waals surface area contributed by atoms with E-state index in [2.05, 4.69) is 17.7 Å². The lowest BCUT2D eigenvalue weighted by Gasteiger charge is -2.28. The normalized spacial score (nSPS) is 18.3. The Balaban J connectivity index is 1.33. The quantitative estimate of drug-likeness (QED) is 0.243. The van der Waals surface area contributed by atoms with E-state index in [1.165, 1.54) is 63.0 Å². The van der Waals surface area contributed by atoms with Crippen LogP contribution in [0.3, 0.4) is 0 Å². The van der Waals surface area contributed by atoms with Gasteiger partial charge in [0.1, 0.15) is 5.82 Å². The summed E-state index contributed by atoms with van der Waals surface area (Å²) in [5, 5.41) is 1.42. The molecule has 1 fully saturated rings. The highest BCUT2D eigenvalue weighted by atomic mass is 19.4. The molecule has 1 aliphatic rings. The summed E-state index contributed by atoms with van der Waals surface area (Å²) in [6, 6.07) is 12.9. The minimum absolute atomic E-state index is 0.296. The number of hydrogen-bond donors (Lipinski definition) is 0. The predicted molar refractivity (Wildman–Crippen MR) is 138 cm³/mol. The van der Waals surface area contributed by atoms with Gasteiger partial charge in [0, 0.05) is 5.39 Å². The molecule has 1 saturated carbocycles. The number of alkyl halides is 3. The van der Waals surface area contributed by atoms with E-state index in [0.29, 0.717) is 29.4 Å². The Hall–Kier alpha value is -2.63. The molecule has 0 N–H and O–H groups in total. The molecule has 3 aromatic rings. The SMILES string of the molecule is CCCCC1CCC(CCc2ccc3c(F)c(CCc4ccc(OC(F)(F)F)c(F)c4)ccc3c2)CC1. The first-order chi connectivity index (χ1) is 17.7. The molecule has 200 valence electrons. The van der Waals surface area contributed by atoms with Gasteiger partial charge in [0.05, 0.1) is 0 Å². The largest absolute Gasteiger partial charge is 0.573 e. The standard InChI is InChI=1S/C31H35F5O/c1-2-3-4-21-5-7-22(8-6-21)9-10-23-12-17-27-26(19-23)16-15-25(30(27)33)14-11-24-13-18-29(28(32)20-24)37-31(34,35)36/h12-13,15-22H,2-11,14H2,1H3. The number of unbranched alkanes of at least 4 members (excludes halogenated alkanes) is 1. The third-order valence-electron chi connectivity index (χ3n) is 7.78. The van der Waals surface area contributed by atoms with Crippen LogP contribution in [-0.4, -0.2) is 6.36 Å². The summed E-state index contributed by atoms with van der Waals surface area (Å²) in [7, 11) is 0. The van der Waals surface area contributed by atoms with Gasteiger partial charge in [-0.25, -0.2) is 8.78 Å². The highest BCUT2D eigenvalue weighted by Crippen LogP contribution is 2.34. The molecular formula is C31H35F5O. The Morgan fingerprint density at radius 1 is 0.784 bits per heavy atom. The monoisotopic (exact) mass is 518 g/mol. The lowest BCUT2D eigenvalue weighted by molar-refractivity contribution is -0.275. The van der Waals surface area contributed by atoms with Crippen LogP contribution >= 0.6 is 0 Å². The van der Waals surface area contributed by atoms with Crippen molar-refractivity contribution in [2.75, 3.05) is 0 Å². The van der Waals surface area contributed by atoms with E-state index in [0.717, 1.165) is 35.8 Å². The summed E-state index contributed by atoms with van der Waals surface area (Å²) in [6.07, 6.45) is 7.18. The average Bonchev–Trinajstić information content (AvgIpc) is 2.87. The number of benzene rings is 3. The van der Waals surface area contributed by atoms with Crippen molar-refractivity contribution in [2.45, 2.75) is 83.9 Å². The van der Waals surface area contributed by atoms with Crippen LogP contribution in [0.2, 0.25) is 0 Å². The second-order valence-corrected chi connectivity index (χ2v) is 10.5. The maximum absolute atomic E-state index is 15.2. The van der Waals surface area contributed by atoms with Gasteiger partial charge in [0.2, 0.25) is 0 Å². The van der Waals surface area contributed by atoms with Crippen molar-refractivity contribution < 1.29 is 26.7 Å². The number of rotatable bonds is 10. The van der Waals surface area contributed by atoms with Gasteiger partial charge in [-0.05, 0) is 71.7 Å². The Bertz CT molecular complexity index is 1180. The van der Waals surface area contributed by atoms with Crippen LogP contribution in [0.25, 0.3) is 10.8 Å². The molecule has 0 heterocycles. The number of fused-ring (bicyclic) bond motifs is 1. The second kappa shape index (κ2) is 12.3. The number of aryl methyl sites for hydroxylation is 3. The molecule has 0 unspecified atom stereocenters. The van der Waals surface area contributed by atoms with Gasteiger partial charge in [-0.1, -0.05) is 88.3 Å². The molecular weight excluding hydrogens is 483 g/mol. The molecule has 1 nitrogen and oxygen atoms in total. The first-order valence-corrected chi connectivity index (χ1v) is 13.5. The molecule has 4 rings (SSSR count). The van der Waals surface area contributed by atoms with Crippen LogP contribution in [0.1, 0.15) is 75.0 Å². The summed E-state index contributed by atoms with van der Waals surface area (Å²) in [6.45, 7) is 2.26. The molecule has 0 radical (unpaired) electrons. The van der Waals surface area contributed by atoms with Crippen molar-refractivity contribution in [2.24, 2.45) is 11.8 Å². The van der Waals surface area contributed by atoms with E-state index in [1.54, 1.807) is 6.07 Å². The fraction of sp³-hybridized carbons (Fsp3) is 0.484. The minimum atomic E-state index is -4.95. The summed E-state index contributed by atoms with van der Waals surface area (Å²) in [5.74, 6) is -0.566. The average molecular weight is 519 g/mol. The van der Waals surface area contributed by atoms with Crippen LogP contribution in [-0.2, 0) is 19.3 Å². The van der Waals surface area contributed by atoms with Crippen molar-refractivity contribution in [3.63, 3.8) is 0 Å². The van der Waals surface area contributed by atoms with E-state index in [4.69, 9.17) is 0 Å². The van der Waals surface area contributed by atoms with Crippen molar-refractivity contribution in [3.05, 3.63) is 76.9 Å². The van der Waals surface area contributed by atoms with E-state index in [1.807, 2.05) is 18.2 Å². The van der Waals surface area contributed by atoms with Crippen molar-refractivity contribution in [3.8, 4) is 5.75 Å². The lowest BCUT2D eigenvalue weighted by Crippen LogP contribution is -2.18. The summed E-state index contributed by atoms with van der Waals surface area (Å²) < 4.78 is 69.9. The zero-order valence-corrected chi connectivity index (χ0v) is 21.3. The fourth-order valence-electron chi connectivity index (χ4n) is 5.59. The maximum Gasteiger partial charge on any atom is 0.573 e. The van der Waals surface area contributed by atoms with Crippen LogP contribution in [0, 0.1) is 23.5 Å². The minimum Gasteiger partial charge on any atom is -0.403 e. The molecule has 0 spiro atoms. The zero-order valence-electron chi connectivity index (χ0n) is 21.3. The number of ether oxygens (including phenoxy) is 1. The van der Waals surface area contributed by atoms with E-state index in [9.17, 15) is 17.6 Å². The zero-order chi connectivity index (χ0) is 26.4. The Morgan fingerprint density at radius 3 is 2.14 bits per heavy atom. The highest BCUT2D eigenvalue weighted by molar-refractivity contribution is 5.84. The van der Waals surface area contributed by atoms with Crippen molar-refractivity contribution in [1.82, 2.24) is 0 Å². The Morgan fingerprint density at radius 2 is 1.46 bits per heavy atom. The fourth-order valence-corrected chi connectivity index (χ4v) is 5.59. The van der Waals surface area contributed by atoms with Gasteiger partial charge in [-0.15, -0.1) is 13.2 Å². The van der Waals surface area contributed by atoms with E-state index >= 15 is 4.39 Å². The third-order valence-corrected chi connectivity index (χ3v) is 7.78. The summed E-state index contributed by atoms with van der Waals surface area (Å²) >= 11 is 0. The molecule has 3 aromatic carbocycles. The van der Waals surface area contributed by atoms with Gasteiger partial charge in [0.25, 0.3) is 0 Å². The van der Waals surface area contributed by atoms with E-state index < -0.39 is 17.9 Å². The molecule has 0 aliphatic heterocycles. The molecule has 0 saturated heterocycles. The first-order valence-electron chi connectivity index (χ1n) is 13.5. The molecule has 6 heteroatoms. The lowest BCUT2D eigenvalue weighted by atomic mass is 9.78. The summed E-state index contributed by atoms with van der Waals surface area (Å²) in [4.78, 5) is 0. The second-order valence-electron chi connectivity index (χ2n) is 10.5. The third kappa shape index (κ3) is 7.68. The molecule has 1 aliphatic carbocycles. The molecule has 0 atom stereocenters. The van der Waals surface area contributed by atoms with Crippen LogP contribution in [0.5, 0.6) is 5.75 Å². The van der Waals surface area contributed by atoms with Crippen LogP contribution in [0.15, 0.2) is 48.5 Å². The maximum atomic E-state index is 15.2. The highest BCUT2D eigenvalue weighted by Gasteiger charge is 2.32. The summed E-state index contributed by atoms with van der Waals surface area (Å²) in [5.41, 5.74) is 2.20. The van der Waals surface area contributed by atoms with Gasteiger partial charge in [-0.3, -0.25) is 0 Å². The predicted octanol–water partition coefficient (Wildman–Crippen LogP) is 9.73. The van der Waals surface area contributed by atoms with Crippen LogP contribution in [0.4, 0.5) is 22.0 Å². The van der Waals surface area contributed by atoms with E-state index in [-0.39, 0.29) is 5.82 Å². The topological polar surface area (TPSA) is 9.23 Å². The smallest absolute Gasteiger partial charge is 0.403 e. The van der Waals surface area contributed by atoms with Gasteiger partial charge in [-0.2, -0.15) is 0 Å². The van der Waals surface area contributed by atoms with Crippen molar-refractivity contribution in [1.29, 1.82) is 0 Å². The number of halogens is 5.